The van der Waals surface area contributed by atoms with Crippen molar-refractivity contribution in [3.8, 4) is 0 Å². The van der Waals surface area contributed by atoms with Crippen molar-refractivity contribution in [1.82, 2.24) is 15.2 Å². The third kappa shape index (κ3) is 2.73. The van der Waals surface area contributed by atoms with E-state index in [4.69, 9.17) is 5.11 Å². The zero-order valence-electron chi connectivity index (χ0n) is 9.47. The van der Waals surface area contributed by atoms with Gasteiger partial charge in [-0.25, -0.2) is 9.78 Å². The second-order valence-electron chi connectivity index (χ2n) is 4.05. The molecule has 2 amide bonds. The first-order chi connectivity index (χ1) is 8.56. The highest BCUT2D eigenvalue weighted by molar-refractivity contribution is 5.94. The van der Waals surface area contributed by atoms with Crippen LogP contribution in [0.2, 0.25) is 0 Å². The average molecular weight is 253 g/mol. The van der Waals surface area contributed by atoms with Crippen molar-refractivity contribution >= 4 is 12.0 Å². The topological polar surface area (TPSA) is 82.5 Å². The van der Waals surface area contributed by atoms with Gasteiger partial charge in [-0.05, 0) is 12.5 Å². The number of carbonyl (C=O) groups is 2. The fourth-order valence-electron chi connectivity index (χ4n) is 1.86. The number of halogens is 1. The number of likely N-dealkylation sites (tertiary alicyclic amines) is 1. The first-order valence-electron chi connectivity index (χ1n) is 5.46. The summed E-state index contributed by atoms with van der Waals surface area (Å²) in [6.07, 6.45) is 0.773. The maximum atomic E-state index is 12.8. The van der Waals surface area contributed by atoms with E-state index in [1.54, 1.807) is 0 Å². The highest BCUT2D eigenvalue weighted by Gasteiger charge is 2.27. The Labute approximate surface area is 102 Å². The molecule has 1 aliphatic rings. The minimum Gasteiger partial charge on any atom is -0.465 e. The fraction of sp³-hybridized carbons (Fsp3) is 0.364. The molecule has 1 saturated heterocycles. The number of pyridine rings is 1. The first-order valence-corrected chi connectivity index (χ1v) is 5.46. The summed E-state index contributed by atoms with van der Waals surface area (Å²) in [4.78, 5) is 27.1. The molecule has 0 radical (unpaired) electrons. The quantitative estimate of drug-likeness (QED) is 0.760. The van der Waals surface area contributed by atoms with Gasteiger partial charge in [-0.2, -0.15) is 4.39 Å². The summed E-state index contributed by atoms with van der Waals surface area (Å²) in [6.45, 7) is 0.652. The number of carboxylic acid groups (broad SMARTS) is 1. The van der Waals surface area contributed by atoms with Crippen LogP contribution in [-0.4, -0.2) is 46.1 Å². The zero-order valence-corrected chi connectivity index (χ0v) is 9.47. The van der Waals surface area contributed by atoms with Gasteiger partial charge in [-0.3, -0.25) is 4.79 Å². The number of carbonyl (C=O) groups excluding carboxylic acids is 1. The van der Waals surface area contributed by atoms with Gasteiger partial charge < -0.3 is 15.3 Å². The Balaban J connectivity index is 1.95. The van der Waals surface area contributed by atoms with Crippen molar-refractivity contribution in [3.63, 3.8) is 0 Å². The molecule has 1 aromatic heterocycles. The lowest BCUT2D eigenvalue weighted by atomic mass is 10.2. The molecule has 0 saturated carbocycles. The predicted octanol–water partition coefficient (Wildman–Crippen LogP) is 0.703. The van der Waals surface area contributed by atoms with Crippen LogP contribution in [0.3, 0.4) is 0 Å². The number of hydrogen-bond acceptors (Lipinski definition) is 3. The second kappa shape index (κ2) is 4.99. The van der Waals surface area contributed by atoms with Crippen LogP contribution < -0.4 is 5.32 Å². The monoisotopic (exact) mass is 253 g/mol. The number of rotatable bonds is 2. The minimum absolute atomic E-state index is 0.177. The van der Waals surface area contributed by atoms with E-state index in [1.807, 2.05) is 0 Å². The van der Waals surface area contributed by atoms with Gasteiger partial charge in [0, 0.05) is 37.0 Å². The van der Waals surface area contributed by atoms with Crippen molar-refractivity contribution in [1.29, 1.82) is 0 Å². The van der Waals surface area contributed by atoms with Crippen molar-refractivity contribution in [2.75, 3.05) is 13.1 Å². The molecule has 0 aliphatic carbocycles. The van der Waals surface area contributed by atoms with Gasteiger partial charge in [0.2, 0.25) is 5.95 Å². The number of hydrogen-bond donors (Lipinski definition) is 2. The molecule has 1 unspecified atom stereocenters. The third-order valence-corrected chi connectivity index (χ3v) is 2.78. The van der Waals surface area contributed by atoms with Gasteiger partial charge in [0.25, 0.3) is 5.91 Å². The maximum Gasteiger partial charge on any atom is 0.407 e. The predicted molar refractivity (Wildman–Crippen MR) is 59.7 cm³/mol. The van der Waals surface area contributed by atoms with Gasteiger partial charge in [0.1, 0.15) is 0 Å². The standard InChI is InChI=1S/C11H12FN3O3/c12-9-5-7(1-3-13-9)10(16)14-8-2-4-15(6-8)11(17)18/h1,3,5,8H,2,4,6H2,(H,14,16)(H,17,18). The number of amides is 2. The number of nitrogens with one attached hydrogen (secondary N) is 1. The summed E-state index contributed by atoms with van der Waals surface area (Å²) in [7, 11) is 0. The van der Waals surface area contributed by atoms with Gasteiger partial charge in [0.15, 0.2) is 0 Å². The van der Waals surface area contributed by atoms with E-state index in [0.717, 1.165) is 6.07 Å². The Morgan fingerprint density at radius 1 is 1.56 bits per heavy atom. The van der Waals surface area contributed by atoms with Crippen LogP contribution >= 0.6 is 0 Å². The third-order valence-electron chi connectivity index (χ3n) is 2.78. The molecule has 2 N–H and O–H groups in total. The lowest BCUT2D eigenvalue weighted by molar-refractivity contribution is 0.0935. The van der Waals surface area contributed by atoms with Crippen LogP contribution in [0, 0.1) is 5.95 Å². The van der Waals surface area contributed by atoms with Crippen LogP contribution in [0.5, 0.6) is 0 Å². The smallest absolute Gasteiger partial charge is 0.407 e. The summed E-state index contributed by atoms with van der Waals surface area (Å²) >= 11 is 0. The highest BCUT2D eigenvalue weighted by atomic mass is 19.1. The molecule has 0 bridgehead atoms. The van der Waals surface area contributed by atoms with Crippen LogP contribution in [0.15, 0.2) is 18.3 Å². The van der Waals surface area contributed by atoms with Crippen molar-refractivity contribution in [2.24, 2.45) is 0 Å². The normalized spacial score (nSPS) is 18.7. The lowest BCUT2D eigenvalue weighted by Crippen LogP contribution is -2.38. The van der Waals surface area contributed by atoms with Crippen molar-refractivity contribution in [3.05, 3.63) is 29.8 Å². The van der Waals surface area contributed by atoms with Crippen LogP contribution in [0.25, 0.3) is 0 Å². The SMILES string of the molecule is O=C(NC1CCN(C(=O)O)C1)c1ccnc(F)c1. The van der Waals surface area contributed by atoms with Crippen molar-refractivity contribution < 1.29 is 19.1 Å². The molecular formula is C11H12FN3O3. The van der Waals surface area contributed by atoms with E-state index in [0.29, 0.717) is 13.0 Å². The highest BCUT2D eigenvalue weighted by Crippen LogP contribution is 2.10. The molecule has 0 spiro atoms. The Hall–Kier alpha value is -2.18. The van der Waals surface area contributed by atoms with Crippen LogP contribution in [0.4, 0.5) is 9.18 Å². The maximum absolute atomic E-state index is 12.8. The molecule has 1 atom stereocenters. The average Bonchev–Trinajstić information content (AvgIpc) is 2.77. The Morgan fingerprint density at radius 2 is 2.33 bits per heavy atom. The molecule has 18 heavy (non-hydrogen) atoms. The Morgan fingerprint density at radius 3 is 2.94 bits per heavy atom. The van der Waals surface area contributed by atoms with Gasteiger partial charge in [0.05, 0.1) is 0 Å². The summed E-state index contributed by atoms with van der Waals surface area (Å²) < 4.78 is 12.8. The van der Waals surface area contributed by atoms with E-state index in [-0.39, 0.29) is 18.2 Å². The van der Waals surface area contributed by atoms with E-state index in [2.05, 4.69) is 10.3 Å². The van der Waals surface area contributed by atoms with Gasteiger partial charge in [-0.1, -0.05) is 0 Å². The molecular weight excluding hydrogens is 241 g/mol. The first kappa shape index (κ1) is 12.3. The fourth-order valence-corrected chi connectivity index (χ4v) is 1.86. The number of aromatic nitrogens is 1. The Kier molecular flexibility index (Phi) is 3.40. The molecule has 96 valence electrons. The summed E-state index contributed by atoms with van der Waals surface area (Å²) in [6, 6.07) is 2.21. The summed E-state index contributed by atoms with van der Waals surface area (Å²) in [5.41, 5.74) is 0.177. The van der Waals surface area contributed by atoms with Gasteiger partial charge >= 0.3 is 6.09 Å². The number of nitrogens with zero attached hydrogens (tertiary/aromatic N) is 2. The second-order valence-corrected chi connectivity index (χ2v) is 4.05. The van der Waals surface area contributed by atoms with E-state index >= 15 is 0 Å². The van der Waals surface area contributed by atoms with E-state index in [9.17, 15) is 14.0 Å². The molecule has 1 aliphatic heterocycles. The molecule has 7 heteroatoms. The lowest BCUT2D eigenvalue weighted by Gasteiger charge is -2.13. The molecule has 2 rings (SSSR count). The summed E-state index contributed by atoms with van der Waals surface area (Å²) in [5, 5.41) is 11.4. The Bertz CT molecular complexity index is 480. The molecule has 6 nitrogen and oxygen atoms in total. The largest absolute Gasteiger partial charge is 0.465 e. The molecule has 1 aromatic rings. The van der Waals surface area contributed by atoms with Crippen molar-refractivity contribution in [2.45, 2.75) is 12.5 Å². The zero-order chi connectivity index (χ0) is 13.1. The van der Waals surface area contributed by atoms with Crippen LogP contribution in [0.1, 0.15) is 16.8 Å². The van der Waals surface area contributed by atoms with E-state index < -0.39 is 17.9 Å². The van der Waals surface area contributed by atoms with Crippen LogP contribution in [-0.2, 0) is 0 Å². The van der Waals surface area contributed by atoms with Gasteiger partial charge in [-0.15, -0.1) is 0 Å². The molecule has 2 heterocycles. The summed E-state index contributed by atoms with van der Waals surface area (Å²) in [5.74, 6) is -1.14. The molecule has 0 aromatic carbocycles. The minimum atomic E-state index is -0.998. The molecule has 1 fully saturated rings. The van der Waals surface area contributed by atoms with E-state index in [1.165, 1.54) is 17.2 Å².